The van der Waals surface area contributed by atoms with Gasteiger partial charge in [-0.15, -0.1) is 0 Å². The minimum atomic E-state index is 0.153. The molecule has 0 bridgehead atoms. The van der Waals surface area contributed by atoms with Crippen LogP contribution < -0.4 is 9.80 Å². The molecular formula is C21H29ClN3O2S+. The van der Waals surface area contributed by atoms with Gasteiger partial charge in [0.25, 0.3) is 0 Å². The topological polar surface area (TPSA) is 46.9 Å². The molecule has 1 aromatic heterocycles. The number of quaternary nitrogens is 1. The number of nitrogens with zero attached hydrogens (tertiary/aromatic N) is 2. The number of ether oxygens (including phenoxy) is 1. The molecule has 1 aliphatic heterocycles. The van der Waals surface area contributed by atoms with E-state index in [9.17, 15) is 4.79 Å². The Bertz CT molecular complexity index is 800. The van der Waals surface area contributed by atoms with Crippen molar-refractivity contribution in [3.63, 3.8) is 0 Å². The zero-order valence-electron chi connectivity index (χ0n) is 16.3. The first-order chi connectivity index (χ1) is 13.7. The minimum Gasteiger partial charge on any atom is -0.370 e. The first kappa shape index (κ1) is 20.1. The summed E-state index contributed by atoms with van der Waals surface area (Å²) in [6, 6.07) is 5.75. The van der Waals surface area contributed by atoms with Gasteiger partial charge in [0.2, 0.25) is 5.91 Å². The predicted octanol–water partition coefficient (Wildman–Crippen LogP) is 3.17. The van der Waals surface area contributed by atoms with Crippen molar-refractivity contribution in [3.05, 3.63) is 23.2 Å². The highest BCUT2D eigenvalue weighted by molar-refractivity contribution is 7.22. The van der Waals surface area contributed by atoms with Crippen molar-refractivity contribution in [2.24, 2.45) is 5.92 Å². The number of carbonyl (C=O) groups is 1. The number of hydrogen-bond donors (Lipinski definition) is 1. The lowest BCUT2D eigenvalue weighted by molar-refractivity contribution is -0.908. The summed E-state index contributed by atoms with van der Waals surface area (Å²) >= 11 is 7.73. The fraction of sp³-hybridized carbons (Fsp3) is 0.619. The highest BCUT2D eigenvalue weighted by Gasteiger charge is 2.29. The molecule has 152 valence electrons. The summed E-state index contributed by atoms with van der Waals surface area (Å²) in [5.41, 5.74) is 0.921. The first-order valence-corrected chi connectivity index (χ1v) is 11.7. The van der Waals surface area contributed by atoms with Crippen molar-refractivity contribution in [3.8, 4) is 0 Å². The van der Waals surface area contributed by atoms with E-state index in [-0.39, 0.29) is 11.8 Å². The Morgan fingerprint density at radius 1 is 1.25 bits per heavy atom. The molecule has 2 heterocycles. The van der Waals surface area contributed by atoms with Gasteiger partial charge in [0.05, 0.1) is 30.0 Å². The average molecular weight is 423 g/mol. The van der Waals surface area contributed by atoms with E-state index in [1.807, 2.05) is 23.1 Å². The second kappa shape index (κ2) is 9.53. The standard InChI is InChI=1S/C21H28ClN3O2S/c22-17-7-8-18-19(15-17)28-21(23-18)25(20(26)16-5-2-1-3-6-16)10-4-9-24-11-13-27-14-12-24/h7-8,15-16H,1-6,9-14H2/p+1. The third-order valence-corrected chi connectivity index (χ3v) is 7.18. The van der Waals surface area contributed by atoms with E-state index in [1.54, 1.807) is 16.2 Å². The number of morpholine rings is 1. The second-order valence-electron chi connectivity index (χ2n) is 7.90. The maximum atomic E-state index is 13.4. The summed E-state index contributed by atoms with van der Waals surface area (Å²) in [4.78, 5) is 21.7. The van der Waals surface area contributed by atoms with Crippen LogP contribution in [-0.2, 0) is 9.53 Å². The number of fused-ring (bicyclic) bond motifs is 1. The van der Waals surface area contributed by atoms with Crippen molar-refractivity contribution in [2.45, 2.75) is 38.5 Å². The van der Waals surface area contributed by atoms with Crippen LogP contribution >= 0.6 is 22.9 Å². The lowest BCUT2D eigenvalue weighted by atomic mass is 9.88. The normalized spacial score (nSPS) is 19.2. The number of benzene rings is 1. The lowest BCUT2D eigenvalue weighted by Crippen LogP contribution is -3.14. The van der Waals surface area contributed by atoms with Gasteiger partial charge in [-0.05, 0) is 31.0 Å². The van der Waals surface area contributed by atoms with Gasteiger partial charge in [-0.2, -0.15) is 0 Å². The van der Waals surface area contributed by atoms with E-state index < -0.39 is 0 Å². The van der Waals surface area contributed by atoms with Crippen LogP contribution in [0.3, 0.4) is 0 Å². The average Bonchev–Trinajstić information content (AvgIpc) is 3.15. The van der Waals surface area contributed by atoms with Gasteiger partial charge in [0, 0.05) is 23.9 Å². The van der Waals surface area contributed by atoms with Gasteiger partial charge in [-0.25, -0.2) is 4.98 Å². The summed E-state index contributed by atoms with van der Waals surface area (Å²) in [5, 5.41) is 1.54. The van der Waals surface area contributed by atoms with Crippen LogP contribution in [0.5, 0.6) is 0 Å². The highest BCUT2D eigenvalue weighted by atomic mass is 35.5. The molecule has 0 radical (unpaired) electrons. The number of aromatic nitrogens is 1. The van der Waals surface area contributed by atoms with E-state index in [0.717, 1.165) is 86.8 Å². The Morgan fingerprint density at radius 3 is 2.82 bits per heavy atom. The van der Waals surface area contributed by atoms with Gasteiger partial charge in [-0.3, -0.25) is 9.69 Å². The van der Waals surface area contributed by atoms with Crippen molar-refractivity contribution >= 4 is 44.2 Å². The molecule has 1 saturated carbocycles. The molecule has 2 aliphatic rings. The summed E-state index contributed by atoms with van der Waals surface area (Å²) in [5.74, 6) is 0.418. The summed E-state index contributed by atoms with van der Waals surface area (Å²) < 4.78 is 6.50. The summed E-state index contributed by atoms with van der Waals surface area (Å²) in [6.45, 7) is 5.64. The number of carbonyl (C=O) groups excluding carboxylic acids is 1. The molecule has 5 nitrogen and oxygen atoms in total. The largest absolute Gasteiger partial charge is 0.370 e. The number of rotatable bonds is 6. The molecule has 1 aromatic carbocycles. The smallest absolute Gasteiger partial charge is 0.231 e. The van der Waals surface area contributed by atoms with E-state index in [1.165, 1.54) is 6.42 Å². The van der Waals surface area contributed by atoms with Crippen LogP contribution in [0.1, 0.15) is 38.5 Å². The van der Waals surface area contributed by atoms with Gasteiger partial charge < -0.3 is 9.64 Å². The zero-order chi connectivity index (χ0) is 19.3. The van der Waals surface area contributed by atoms with Crippen LogP contribution in [0, 0.1) is 5.92 Å². The maximum absolute atomic E-state index is 13.4. The Morgan fingerprint density at radius 2 is 2.04 bits per heavy atom. The maximum Gasteiger partial charge on any atom is 0.231 e. The molecule has 0 atom stereocenters. The molecular weight excluding hydrogens is 394 g/mol. The van der Waals surface area contributed by atoms with Gasteiger partial charge in [-0.1, -0.05) is 42.2 Å². The summed E-state index contributed by atoms with van der Waals surface area (Å²) in [7, 11) is 0. The molecule has 1 N–H and O–H groups in total. The highest BCUT2D eigenvalue weighted by Crippen LogP contribution is 2.33. The van der Waals surface area contributed by atoms with Gasteiger partial charge in [0.1, 0.15) is 13.1 Å². The number of nitrogens with one attached hydrogen (secondary N) is 1. The number of halogens is 1. The fourth-order valence-corrected chi connectivity index (χ4v) is 5.54. The molecule has 4 rings (SSSR count). The van der Waals surface area contributed by atoms with Crippen molar-refractivity contribution in [1.29, 1.82) is 0 Å². The van der Waals surface area contributed by atoms with Crippen LogP contribution in [0.15, 0.2) is 18.2 Å². The molecule has 2 aromatic rings. The van der Waals surface area contributed by atoms with Crippen molar-refractivity contribution < 1.29 is 14.4 Å². The van der Waals surface area contributed by atoms with Crippen LogP contribution in [0.2, 0.25) is 5.02 Å². The molecule has 1 amide bonds. The van der Waals surface area contributed by atoms with Crippen LogP contribution in [-0.4, -0.2) is 50.3 Å². The zero-order valence-corrected chi connectivity index (χ0v) is 17.9. The van der Waals surface area contributed by atoms with E-state index in [0.29, 0.717) is 5.02 Å². The molecule has 28 heavy (non-hydrogen) atoms. The Kier molecular flexibility index (Phi) is 6.83. The van der Waals surface area contributed by atoms with Crippen LogP contribution in [0.25, 0.3) is 10.2 Å². The Hall–Kier alpha value is -1.21. The quantitative estimate of drug-likeness (QED) is 0.777. The minimum absolute atomic E-state index is 0.153. The SMILES string of the molecule is O=C(C1CCCCC1)N(CCC[NH+]1CCOCC1)c1nc2ccc(Cl)cc2s1. The third kappa shape index (κ3) is 4.85. The molecule has 0 spiro atoms. The fourth-order valence-electron chi connectivity index (χ4n) is 4.27. The van der Waals surface area contributed by atoms with E-state index >= 15 is 0 Å². The first-order valence-electron chi connectivity index (χ1n) is 10.5. The number of thiazole rings is 1. The second-order valence-corrected chi connectivity index (χ2v) is 9.34. The van der Waals surface area contributed by atoms with E-state index in [4.69, 9.17) is 21.3 Å². The van der Waals surface area contributed by atoms with Gasteiger partial charge in [0.15, 0.2) is 5.13 Å². The van der Waals surface area contributed by atoms with E-state index in [2.05, 4.69) is 0 Å². The molecule has 1 aliphatic carbocycles. The third-order valence-electron chi connectivity index (χ3n) is 5.90. The van der Waals surface area contributed by atoms with Gasteiger partial charge >= 0.3 is 0 Å². The number of hydrogen-bond acceptors (Lipinski definition) is 4. The molecule has 7 heteroatoms. The Labute approximate surface area is 175 Å². The van der Waals surface area contributed by atoms with Crippen molar-refractivity contribution in [1.82, 2.24) is 4.98 Å². The number of anilines is 1. The van der Waals surface area contributed by atoms with Crippen molar-refractivity contribution in [2.75, 3.05) is 44.3 Å². The lowest BCUT2D eigenvalue weighted by Gasteiger charge is -2.29. The Balaban J connectivity index is 1.50. The molecule has 1 saturated heterocycles. The van der Waals surface area contributed by atoms with Crippen LogP contribution in [0.4, 0.5) is 5.13 Å². The number of amides is 1. The summed E-state index contributed by atoms with van der Waals surface area (Å²) in [6.07, 6.45) is 6.60. The predicted molar refractivity (Wildman–Crippen MR) is 115 cm³/mol. The monoisotopic (exact) mass is 422 g/mol. The molecule has 0 unspecified atom stereocenters. The molecule has 2 fully saturated rings.